The Labute approximate surface area is 126 Å². The molecular formula is C18H24N2O. The van der Waals surface area contributed by atoms with Crippen LogP contribution in [-0.4, -0.2) is 14.9 Å². The van der Waals surface area contributed by atoms with E-state index in [0.29, 0.717) is 6.04 Å². The fourth-order valence-corrected chi connectivity index (χ4v) is 3.19. The largest absolute Gasteiger partial charge is 0.388 e. The van der Waals surface area contributed by atoms with Gasteiger partial charge >= 0.3 is 0 Å². The smallest absolute Gasteiger partial charge is 0.0793 e. The van der Waals surface area contributed by atoms with Crippen LogP contribution in [0.15, 0.2) is 42.6 Å². The number of nitrogens with zero attached hydrogens (tertiary/aromatic N) is 2. The molecule has 1 atom stereocenters. The third kappa shape index (κ3) is 3.73. The van der Waals surface area contributed by atoms with Crippen molar-refractivity contribution in [3.8, 4) is 0 Å². The number of aromatic nitrogens is 2. The number of benzene rings is 1. The first kappa shape index (κ1) is 14.3. The molecule has 1 aromatic heterocycles. The Hall–Kier alpha value is -1.61. The lowest BCUT2D eigenvalue weighted by molar-refractivity contribution is 0.167. The van der Waals surface area contributed by atoms with E-state index >= 15 is 0 Å². The van der Waals surface area contributed by atoms with Crippen molar-refractivity contribution in [1.82, 2.24) is 9.78 Å². The van der Waals surface area contributed by atoms with Gasteiger partial charge in [0, 0.05) is 6.20 Å². The lowest BCUT2D eigenvalue weighted by Crippen LogP contribution is -2.13. The van der Waals surface area contributed by atoms with Crippen LogP contribution in [0, 0.1) is 0 Å². The summed E-state index contributed by atoms with van der Waals surface area (Å²) in [6.45, 7) is 0. The van der Waals surface area contributed by atoms with Crippen LogP contribution in [0.3, 0.4) is 0 Å². The molecule has 1 unspecified atom stereocenters. The van der Waals surface area contributed by atoms with Gasteiger partial charge in [-0.25, -0.2) is 0 Å². The van der Waals surface area contributed by atoms with Gasteiger partial charge in [-0.05, 0) is 37.3 Å². The molecule has 21 heavy (non-hydrogen) atoms. The Balaban J connectivity index is 1.55. The first-order chi connectivity index (χ1) is 10.3. The normalized spacial score (nSPS) is 17.8. The summed E-state index contributed by atoms with van der Waals surface area (Å²) in [6.07, 6.45) is 9.81. The maximum Gasteiger partial charge on any atom is 0.0793 e. The molecule has 3 rings (SSSR count). The van der Waals surface area contributed by atoms with Crippen molar-refractivity contribution in [3.05, 3.63) is 53.9 Å². The predicted octanol–water partition coefficient (Wildman–Crippen LogP) is 4.05. The molecule has 1 saturated carbocycles. The monoisotopic (exact) mass is 284 g/mol. The highest BCUT2D eigenvalue weighted by Gasteiger charge is 2.16. The molecule has 1 aliphatic carbocycles. The number of aliphatic hydroxyl groups is 1. The lowest BCUT2D eigenvalue weighted by Gasteiger charge is -2.21. The van der Waals surface area contributed by atoms with Crippen molar-refractivity contribution < 1.29 is 5.11 Å². The first-order valence-corrected chi connectivity index (χ1v) is 8.10. The maximum atomic E-state index is 10.2. The summed E-state index contributed by atoms with van der Waals surface area (Å²) in [5.74, 6) is 0. The van der Waals surface area contributed by atoms with E-state index in [1.54, 1.807) is 0 Å². The summed E-state index contributed by atoms with van der Waals surface area (Å²) in [4.78, 5) is 0. The highest BCUT2D eigenvalue weighted by atomic mass is 16.3. The Bertz CT molecular complexity index is 543. The van der Waals surface area contributed by atoms with E-state index in [2.05, 4.69) is 16.9 Å². The zero-order valence-corrected chi connectivity index (χ0v) is 12.5. The molecule has 1 aromatic carbocycles. The van der Waals surface area contributed by atoms with Crippen LogP contribution in [-0.2, 0) is 6.42 Å². The van der Waals surface area contributed by atoms with Crippen LogP contribution < -0.4 is 0 Å². The van der Waals surface area contributed by atoms with Crippen molar-refractivity contribution in [2.75, 3.05) is 0 Å². The van der Waals surface area contributed by atoms with Gasteiger partial charge in [-0.2, -0.15) is 5.10 Å². The maximum absolute atomic E-state index is 10.2. The zero-order chi connectivity index (χ0) is 14.5. The zero-order valence-electron chi connectivity index (χ0n) is 12.5. The molecule has 2 aromatic rings. The minimum Gasteiger partial charge on any atom is -0.388 e. The second-order valence-corrected chi connectivity index (χ2v) is 6.04. The van der Waals surface area contributed by atoms with Crippen LogP contribution in [0.5, 0.6) is 0 Å². The van der Waals surface area contributed by atoms with Gasteiger partial charge < -0.3 is 5.11 Å². The van der Waals surface area contributed by atoms with Gasteiger partial charge in [0.15, 0.2) is 0 Å². The molecule has 1 aliphatic rings. The van der Waals surface area contributed by atoms with E-state index in [-0.39, 0.29) is 0 Å². The van der Waals surface area contributed by atoms with E-state index in [0.717, 1.165) is 24.1 Å². The molecule has 3 nitrogen and oxygen atoms in total. The summed E-state index contributed by atoms with van der Waals surface area (Å²) in [5.41, 5.74) is 2.08. The number of hydrogen-bond acceptors (Lipinski definition) is 2. The van der Waals surface area contributed by atoms with Crippen LogP contribution in [0.1, 0.15) is 61.9 Å². The average molecular weight is 284 g/mol. The SMILES string of the molecule is OC(CCc1ccn(C2CCCCC2)n1)c1ccccc1. The Morgan fingerprint density at radius 2 is 1.86 bits per heavy atom. The molecule has 0 aliphatic heterocycles. The van der Waals surface area contributed by atoms with Gasteiger partial charge in [-0.3, -0.25) is 4.68 Å². The van der Waals surface area contributed by atoms with E-state index in [4.69, 9.17) is 5.10 Å². The summed E-state index contributed by atoms with van der Waals surface area (Å²) in [5, 5.41) is 14.9. The molecule has 0 radical (unpaired) electrons. The van der Waals surface area contributed by atoms with Crippen molar-refractivity contribution in [1.29, 1.82) is 0 Å². The molecule has 1 fully saturated rings. The minimum absolute atomic E-state index is 0.397. The summed E-state index contributed by atoms with van der Waals surface area (Å²) in [6, 6.07) is 12.6. The second kappa shape index (κ2) is 6.90. The quantitative estimate of drug-likeness (QED) is 0.899. The Morgan fingerprint density at radius 3 is 2.62 bits per heavy atom. The highest BCUT2D eigenvalue weighted by Crippen LogP contribution is 2.27. The van der Waals surface area contributed by atoms with E-state index in [1.165, 1.54) is 32.1 Å². The Kier molecular flexibility index (Phi) is 4.71. The molecule has 1 heterocycles. The third-order valence-electron chi connectivity index (χ3n) is 4.47. The molecule has 112 valence electrons. The fourth-order valence-electron chi connectivity index (χ4n) is 3.19. The van der Waals surface area contributed by atoms with Crippen LogP contribution in [0.4, 0.5) is 0 Å². The molecular weight excluding hydrogens is 260 g/mol. The van der Waals surface area contributed by atoms with E-state index in [1.807, 2.05) is 30.3 Å². The first-order valence-electron chi connectivity index (χ1n) is 8.10. The summed E-state index contributed by atoms with van der Waals surface area (Å²) < 4.78 is 2.14. The fraction of sp³-hybridized carbons (Fsp3) is 0.500. The van der Waals surface area contributed by atoms with Crippen LogP contribution >= 0.6 is 0 Å². The van der Waals surface area contributed by atoms with Crippen LogP contribution in [0.2, 0.25) is 0 Å². The topological polar surface area (TPSA) is 38.0 Å². The molecule has 0 spiro atoms. The van der Waals surface area contributed by atoms with Gasteiger partial charge in [-0.15, -0.1) is 0 Å². The van der Waals surface area contributed by atoms with Crippen molar-refractivity contribution in [2.45, 2.75) is 57.1 Å². The summed E-state index contributed by atoms with van der Waals surface area (Å²) in [7, 11) is 0. The van der Waals surface area contributed by atoms with Crippen LogP contribution in [0.25, 0.3) is 0 Å². The Morgan fingerprint density at radius 1 is 1.10 bits per heavy atom. The molecule has 1 N–H and O–H groups in total. The average Bonchev–Trinajstić information content (AvgIpc) is 3.03. The van der Waals surface area contributed by atoms with Gasteiger partial charge in [0.2, 0.25) is 0 Å². The van der Waals surface area contributed by atoms with Crippen molar-refractivity contribution >= 4 is 0 Å². The highest BCUT2D eigenvalue weighted by molar-refractivity contribution is 5.17. The number of hydrogen-bond donors (Lipinski definition) is 1. The number of aryl methyl sites for hydroxylation is 1. The van der Waals surface area contributed by atoms with Gasteiger partial charge in [0.25, 0.3) is 0 Å². The number of aliphatic hydroxyl groups excluding tert-OH is 1. The summed E-state index contributed by atoms with van der Waals surface area (Å²) >= 11 is 0. The molecule has 0 saturated heterocycles. The molecule has 0 amide bonds. The predicted molar refractivity (Wildman–Crippen MR) is 84.1 cm³/mol. The lowest BCUT2D eigenvalue weighted by atomic mass is 9.96. The number of rotatable bonds is 5. The van der Waals surface area contributed by atoms with E-state index < -0.39 is 6.10 Å². The standard InChI is InChI=1S/C18H24N2O/c21-18(15-7-3-1-4-8-15)12-11-16-13-14-20(19-16)17-9-5-2-6-10-17/h1,3-4,7-8,13-14,17-18,21H,2,5-6,9-12H2. The van der Waals surface area contributed by atoms with Gasteiger partial charge in [-0.1, -0.05) is 49.6 Å². The van der Waals surface area contributed by atoms with Crippen molar-refractivity contribution in [2.24, 2.45) is 0 Å². The van der Waals surface area contributed by atoms with E-state index in [9.17, 15) is 5.11 Å². The molecule has 3 heteroatoms. The third-order valence-corrected chi connectivity index (χ3v) is 4.47. The second-order valence-electron chi connectivity index (χ2n) is 6.04. The van der Waals surface area contributed by atoms with Crippen molar-refractivity contribution in [3.63, 3.8) is 0 Å². The van der Waals surface area contributed by atoms with Gasteiger partial charge in [0.05, 0.1) is 17.8 Å². The molecule has 0 bridgehead atoms. The van der Waals surface area contributed by atoms with Gasteiger partial charge in [0.1, 0.15) is 0 Å². The minimum atomic E-state index is -0.397.